The molecule has 12 heteroatoms. The van der Waals surface area contributed by atoms with E-state index in [9.17, 15) is 29.1 Å². The number of nitrogens with one attached hydrogen (secondary N) is 3. The molecule has 0 saturated carbocycles. The van der Waals surface area contributed by atoms with Gasteiger partial charge in [-0.1, -0.05) is 34.1 Å². The van der Waals surface area contributed by atoms with Crippen molar-refractivity contribution in [2.75, 3.05) is 12.0 Å². The molecule has 0 radical (unpaired) electrons. The maximum Gasteiger partial charge on any atom is 0.326 e. The van der Waals surface area contributed by atoms with E-state index in [0.29, 0.717) is 12.2 Å². The molecule has 3 amide bonds. The maximum absolute atomic E-state index is 13.0. The van der Waals surface area contributed by atoms with Crippen LogP contribution in [0.25, 0.3) is 0 Å². The molecular formula is C20H36N4O7S. The largest absolute Gasteiger partial charge is 0.481 e. The Kier molecular flexibility index (Phi) is 13.6. The van der Waals surface area contributed by atoms with Gasteiger partial charge in [-0.3, -0.25) is 19.2 Å². The van der Waals surface area contributed by atoms with E-state index >= 15 is 0 Å². The average Bonchev–Trinajstić information content (AvgIpc) is 2.70. The molecule has 0 fully saturated rings. The standard InChI is InChI=1S/C20H36N4O7S/c1-6-11(4)16(24-17(27)12(21)9-14(25)26)19(29)22-13(7-8-32-5)18(28)23-15(10(2)3)20(30)31/h10-13,15-16H,6-9,21H2,1-5H3,(H,22,29)(H,23,28)(H,24,27)(H,25,26)(H,30,31). The SMILES string of the molecule is CCC(C)C(NC(=O)C(N)CC(=O)O)C(=O)NC(CCSC)C(=O)NC(C(=O)O)C(C)C. The van der Waals surface area contributed by atoms with E-state index in [1.165, 1.54) is 11.8 Å². The molecular weight excluding hydrogens is 440 g/mol. The number of amides is 3. The van der Waals surface area contributed by atoms with Crippen molar-refractivity contribution in [3.05, 3.63) is 0 Å². The lowest BCUT2D eigenvalue weighted by molar-refractivity contribution is -0.143. The number of carboxylic acids is 2. The van der Waals surface area contributed by atoms with Crippen LogP contribution in [0.5, 0.6) is 0 Å². The summed E-state index contributed by atoms with van der Waals surface area (Å²) in [6.45, 7) is 6.85. The molecule has 0 saturated heterocycles. The predicted molar refractivity (Wildman–Crippen MR) is 121 cm³/mol. The fourth-order valence-corrected chi connectivity index (χ4v) is 3.25. The summed E-state index contributed by atoms with van der Waals surface area (Å²) in [5.74, 6) is -4.65. The molecule has 0 bridgehead atoms. The van der Waals surface area contributed by atoms with Crippen molar-refractivity contribution in [2.45, 2.75) is 71.1 Å². The number of carbonyl (C=O) groups is 5. The number of hydrogen-bond acceptors (Lipinski definition) is 7. The smallest absolute Gasteiger partial charge is 0.326 e. The Morgan fingerprint density at radius 2 is 1.47 bits per heavy atom. The highest BCUT2D eigenvalue weighted by Crippen LogP contribution is 2.11. The number of carbonyl (C=O) groups excluding carboxylic acids is 3. The molecule has 11 nitrogen and oxygen atoms in total. The number of nitrogens with two attached hydrogens (primary N) is 1. The number of hydrogen-bond donors (Lipinski definition) is 6. The lowest BCUT2D eigenvalue weighted by atomic mass is 9.97. The minimum Gasteiger partial charge on any atom is -0.481 e. The molecule has 0 aliphatic rings. The third kappa shape index (κ3) is 10.3. The first-order chi connectivity index (χ1) is 14.8. The summed E-state index contributed by atoms with van der Waals surface area (Å²) in [6.07, 6.45) is 2.01. The van der Waals surface area contributed by atoms with Gasteiger partial charge in [0.25, 0.3) is 0 Å². The van der Waals surface area contributed by atoms with Gasteiger partial charge in [-0.2, -0.15) is 11.8 Å². The van der Waals surface area contributed by atoms with E-state index in [-0.39, 0.29) is 18.3 Å². The molecule has 0 spiro atoms. The molecule has 32 heavy (non-hydrogen) atoms. The monoisotopic (exact) mass is 476 g/mol. The Labute approximate surface area is 192 Å². The van der Waals surface area contributed by atoms with Crippen molar-refractivity contribution < 1.29 is 34.2 Å². The van der Waals surface area contributed by atoms with E-state index in [2.05, 4.69) is 16.0 Å². The van der Waals surface area contributed by atoms with Crippen LogP contribution in [0.15, 0.2) is 0 Å². The molecule has 0 aromatic heterocycles. The average molecular weight is 477 g/mol. The zero-order chi connectivity index (χ0) is 25.0. The molecule has 0 aromatic carbocycles. The Balaban J connectivity index is 5.51. The van der Waals surface area contributed by atoms with Crippen LogP contribution in [0.3, 0.4) is 0 Å². The van der Waals surface area contributed by atoms with Crippen LogP contribution >= 0.6 is 11.8 Å². The van der Waals surface area contributed by atoms with Gasteiger partial charge in [0.05, 0.1) is 12.5 Å². The topological polar surface area (TPSA) is 188 Å². The number of aliphatic carboxylic acids is 2. The Morgan fingerprint density at radius 3 is 1.91 bits per heavy atom. The highest BCUT2D eigenvalue weighted by Gasteiger charge is 2.33. The van der Waals surface area contributed by atoms with Gasteiger partial charge in [0.2, 0.25) is 17.7 Å². The molecule has 0 rings (SSSR count). The summed E-state index contributed by atoms with van der Waals surface area (Å²) in [7, 11) is 0. The fourth-order valence-electron chi connectivity index (χ4n) is 2.78. The Bertz CT molecular complexity index is 674. The van der Waals surface area contributed by atoms with Gasteiger partial charge in [0.1, 0.15) is 18.1 Å². The summed E-state index contributed by atoms with van der Waals surface area (Å²) in [5.41, 5.74) is 5.59. The van der Waals surface area contributed by atoms with Crippen LogP contribution in [0, 0.1) is 11.8 Å². The van der Waals surface area contributed by atoms with Crippen molar-refractivity contribution in [3.63, 3.8) is 0 Å². The molecule has 5 unspecified atom stereocenters. The lowest BCUT2D eigenvalue weighted by Crippen LogP contribution is -2.59. The highest BCUT2D eigenvalue weighted by molar-refractivity contribution is 7.98. The maximum atomic E-state index is 13.0. The van der Waals surface area contributed by atoms with Gasteiger partial charge in [-0.25, -0.2) is 4.79 Å². The fraction of sp³-hybridized carbons (Fsp3) is 0.750. The molecule has 0 heterocycles. The number of rotatable bonds is 15. The molecule has 0 aromatic rings. The van der Waals surface area contributed by atoms with E-state index in [1.54, 1.807) is 20.8 Å². The summed E-state index contributed by atoms with van der Waals surface area (Å²) < 4.78 is 0. The Morgan fingerprint density at radius 1 is 0.906 bits per heavy atom. The summed E-state index contributed by atoms with van der Waals surface area (Å²) in [6, 6.07) is -4.50. The number of thioether (sulfide) groups is 1. The van der Waals surface area contributed by atoms with Crippen LogP contribution in [0.4, 0.5) is 0 Å². The van der Waals surface area contributed by atoms with Gasteiger partial charge in [0.15, 0.2) is 0 Å². The van der Waals surface area contributed by atoms with Gasteiger partial charge in [0, 0.05) is 0 Å². The van der Waals surface area contributed by atoms with E-state index in [1.807, 2.05) is 13.2 Å². The second-order valence-corrected chi connectivity index (χ2v) is 8.97. The van der Waals surface area contributed by atoms with Crippen LogP contribution in [-0.2, 0) is 24.0 Å². The second kappa shape index (κ2) is 14.7. The zero-order valence-corrected chi connectivity index (χ0v) is 20.0. The first-order valence-electron chi connectivity index (χ1n) is 10.5. The van der Waals surface area contributed by atoms with Crippen molar-refractivity contribution >= 4 is 41.4 Å². The van der Waals surface area contributed by atoms with Crippen molar-refractivity contribution in [1.29, 1.82) is 0 Å². The van der Waals surface area contributed by atoms with E-state index in [0.717, 1.165) is 0 Å². The molecule has 184 valence electrons. The summed E-state index contributed by atoms with van der Waals surface area (Å²) in [4.78, 5) is 60.2. The minimum atomic E-state index is -1.33. The molecule has 0 aliphatic heterocycles. The van der Waals surface area contributed by atoms with Gasteiger partial charge in [-0.05, 0) is 30.3 Å². The second-order valence-electron chi connectivity index (χ2n) is 7.99. The number of carboxylic acid groups (broad SMARTS) is 2. The van der Waals surface area contributed by atoms with Crippen molar-refractivity contribution in [2.24, 2.45) is 17.6 Å². The van der Waals surface area contributed by atoms with Crippen LogP contribution in [0.2, 0.25) is 0 Å². The van der Waals surface area contributed by atoms with Crippen molar-refractivity contribution in [3.8, 4) is 0 Å². The minimum absolute atomic E-state index is 0.253. The van der Waals surface area contributed by atoms with Crippen molar-refractivity contribution in [1.82, 2.24) is 16.0 Å². The first-order valence-corrected chi connectivity index (χ1v) is 11.8. The van der Waals surface area contributed by atoms with Crippen LogP contribution < -0.4 is 21.7 Å². The lowest BCUT2D eigenvalue weighted by Gasteiger charge is -2.28. The predicted octanol–water partition coefficient (Wildman–Crippen LogP) is -0.217. The summed E-state index contributed by atoms with van der Waals surface area (Å²) >= 11 is 1.46. The zero-order valence-electron chi connectivity index (χ0n) is 19.2. The van der Waals surface area contributed by atoms with Crippen LogP contribution in [-0.4, -0.2) is 76.0 Å². The third-order valence-corrected chi connectivity index (χ3v) is 5.64. The molecule has 5 atom stereocenters. The normalized spacial score (nSPS) is 15.7. The van der Waals surface area contributed by atoms with Gasteiger partial charge >= 0.3 is 11.9 Å². The first kappa shape index (κ1) is 29.7. The van der Waals surface area contributed by atoms with Crippen LogP contribution in [0.1, 0.15) is 47.0 Å². The summed E-state index contributed by atoms with van der Waals surface area (Å²) in [5, 5.41) is 25.7. The van der Waals surface area contributed by atoms with E-state index in [4.69, 9.17) is 10.8 Å². The van der Waals surface area contributed by atoms with Gasteiger partial charge < -0.3 is 31.9 Å². The van der Waals surface area contributed by atoms with E-state index < -0.39 is 60.2 Å². The molecule has 0 aliphatic carbocycles. The molecule has 7 N–H and O–H groups in total. The third-order valence-electron chi connectivity index (χ3n) is 5.00. The highest BCUT2D eigenvalue weighted by atomic mass is 32.2. The Hall–Kier alpha value is -2.34. The quantitative estimate of drug-likeness (QED) is 0.186. The van der Waals surface area contributed by atoms with Gasteiger partial charge in [-0.15, -0.1) is 0 Å².